The number of sulfonamides is 1. The lowest BCUT2D eigenvalue weighted by atomic mass is 9.49. The third-order valence-electron chi connectivity index (χ3n) is 5.17. The fraction of sp³-hybridized carbons (Fsp3) is 0.929. The summed E-state index contributed by atoms with van der Waals surface area (Å²) in [5, 5.41) is 0. The molecule has 0 saturated heterocycles. The molecule has 0 aromatic carbocycles. The molecule has 4 saturated carbocycles. The second kappa shape index (κ2) is 4.98. The van der Waals surface area contributed by atoms with Crippen molar-refractivity contribution in [3.8, 4) is 0 Å². The molecule has 0 spiro atoms. The molecule has 0 aliphatic heterocycles. The zero-order valence-electron chi connectivity index (χ0n) is 11.9. The second-order valence-corrected chi connectivity index (χ2v) is 8.83. The van der Waals surface area contributed by atoms with Gasteiger partial charge >= 0.3 is 5.97 Å². The molecule has 0 radical (unpaired) electrons. The Morgan fingerprint density at radius 3 is 2.10 bits per heavy atom. The summed E-state index contributed by atoms with van der Waals surface area (Å²) in [6.45, 7) is 0.296. The van der Waals surface area contributed by atoms with Crippen molar-refractivity contribution >= 4 is 16.0 Å². The lowest BCUT2D eigenvalue weighted by Gasteiger charge is -2.55. The Bertz CT molecular complexity index is 464. The molecule has 5 nitrogen and oxygen atoms in total. The molecule has 0 aromatic rings. The maximum Gasteiger partial charge on any atom is 0.312 e. The molecule has 4 aliphatic rings. The van der Waals surface area contributed by atoms with Crippen LogP contribution in [-0.4, -0.2) is 33.8 Å². The quantitative estimate of drug-likeness (QED) is 0.613. The van der Waals surface area contributed by atoms with Crippen molar-refractivity contribution in [2.24, 2.45) is 23.2 Å². The van der Waals surface area contributed by atoms with Gasteiger partial charge in [0.1, 0.15) is 6.61 Å². The summed E-state index contributed by atoms with van der Waals surface area (Å²) in [7, 11) is -3.21. The number of nitrogens with one attached hydrogen (secondary N) is 1. The van der Waals surface area contributed by atoms with E-state index in [1.165, 1.54) is 19.3 Å². The van der Waals surface area contributed by atoms with Gasteiger partial charge < -0.3 is 4.74 Å². The number of esters is 1. The van der Waals surface area contributed by atoms with Crippen molar-refractivity contribution in [3.05, 3.63) is 0 Å². The van der Waals surface area contributed by atoms with Crippen molar-refractivity contribution < 1.29 is 17.9 Å². The largest absolute Gasteiger partial charge is 0.464 e. The van der Waals surface area contributed by atoms with Gasteiger partial charge in [0.15, 0.2) is 0 Å². The van der Waals surface area contributed by atoms with Crippen LogP contribution in [0.15, 0.2) is 0 Å². The molecule has 4 aliphatic carbocycles. The lowest BCUT2D eigenvalue weighted by molar-refractivity contribution is -0.171. The SMILES string of the molecule is CS(=O)(=O)NCCOC(=O)C12CC3CC(CC(C3)C1)C2. The first-order valence-electron chi connectivity index (χ1n) is 7.48. The molecule has 6 heteroatoms. The van der Waals surface area contributed by atoms with Crippen molar-refractivity contribution in [1.82, 2.24) is 4.72 Å². The van der Waals surface area contributed by atoms with E-state index in [0.717, 1.165) is 25.5 Å². The van der Waals surface area contributed by atoms with Gasteiger partial charge in [-0.25, -0.2) is 13.1 Å². The summed E-state index contributed by atoms with van der Waals surface area (Å²) in [4.78, 5) is 12.4. The molecular weight excluding hydrogens is 278 g/mol. The van der Waals surface area contributed by atoms with E-state index in [4.69, 9.17) is 4.74 Å². The maximum absolute atomic E-state index is 12.4. The van der Waals surface area contributed by atoms with E-state index < -0.39 is 10.0 Å². The van der Waals surface area contributed by atoms with Gasteiger partial charge in [-0.05, 0) is 56.3 Å². The Hall–Kier alpha value is -0.620. The van der Waals surface area contributed by atoms with E-state index in [9.17, 15) is 13.2 Å². The molecule has 114 valence electrons. The van der Waals surface area contributed by atoms with Gasteiger partial charge in [0.25, 0.3) is 0 Å². The number of rotatable bonds is 5. The van der Waals surface area contributed by atoms with E-state index in [2.05, 4.69) is 4.72 Å². The van der Waals surface area contributed by atoms with Gasteiger partial charge in [-0.3, -0.25) is 4.79 Å². The van der Waals surface area contributed by atoms with Crippen LogP contribution in [0.3, 0.4) is 0 Å². The van der Waals surface area contributed by atoms with Gasteiger partial charge in [0, 0.05) is 6.54 Å². The molecule has 20 heavy (non-hydrogen) atoms. The van der Waals surface area contributed by atoms with E-state index >= 15 is 0 Å². The highest BCUT2D eigenvalue weighted by Crippen LogP contribution is 2.60. The number of hydrogen-bond donors (Lipinski definition) is 1. The zero-order valence-corrected chi connectivity index (χ0v) is 12.7. The van der Waals surface area contributed by atoms with Crippen molar-refractivity contribution in [1.29, 1.82) is 0 Å². The summed E-state index contributed by atoms with van der Waals surface area (Å²) in [5.41, 5.74) is -0.250. The average Bonchev–Trinajstić information content (AvgIpc) is 2.31. The van der Waals surface area contributed by atoms with Crippen LogP contribution < -0.4 is 4.72 Å². The van der Waals surface area contributed by atoms with Crippen LogP contribution >= 0.6 is 0 Å². The van der Waals surface area contributed by atoms with Crippen LogP contribution in [0.1, 0.15) is 38.5 Å². The molecule has 0 atom stereocenters. The second-order valence-electron chi connectivity index (χ2n) is 7.00. The van der Waals surface area contributed by atoms with Crippen LogP contribution in [-0.2, 0) is 19.6 Å². The van der Waals surface area contributed by atoms with E-state index in [1.807, 2.05) is 0 Å². The summed E-state index contributed by atoms with van der Waals surface area (Å²) in [5.74, 6) is 2.04. The Balaban J connectivity index is 1.55. The van der Waals surface area contributed by atoms with Crippen LogP contribution in [0.4, 0.5) is 0 Å². The molecule has 0 unspecified atom stereocenters. The van der Waals surface area contributed by atoms with Gasteiger partial charge in [-0.15, -0.1) is 0 Å². The normalized spacial score (nSPS) is 39.0. The Morgan fingerprint density at radius 2 is 1.65 bits per heavy atom. The summed E-state index contributed by atoms with van der Waals surface area (Å²) in [6, 6.07) is 0. The number of hydrogen-bond acceptors (Lipinski definition) is 4. The van der Waals surface area contributed by atoms with E-state index in [-0.39, 0.29) is 24.5 Å². The topological polar surface area (TPSA) is 72.5 Å². The monoisotopic (exact) mass is 301 g/mol. The third kappa shape index (κ3) is 2.86. The van der Waals surface area contributed by atoms with Crippen molar-refractivity contribution in [2.75, 3.05) is 19.4 Å². The van der Waals surface area contributed by atoms with Crippen LogP contribution in [0.25, 0.3) is 0 Å². The number of carbonyl (C=O) groups excluding carboxylic acids is 1. The first kappa shape index (κ1) is 14.3. The van der Waals surface area contributed by atoms with Gasteiger partial charge in [0.2, 0.25) is 10.0 Å². The predicted octanol–water partition coefficient (Wildman–Crippen LogP) is 1.30. The highest BCUT2D eigenvalue weighted by molar-refractivity contribution is 7.88. The maximum atomic E-state index is 12.4. The molecule has 1 N–H and O–H groups in total. The molecule has 4 rings (SSSR count). The van der Waals surface area contributed by atoms with Crippen LogP contribution in [0, 0.1) is 23.2 Å². The van der Waals surface area contributed by atoms with Gasteiger partial charge in [0.05, 0.1) is 11.7 Å². The highest BCUT2D eigenvalue weighted by Gasteiger charge is 2.55. The molecule has 4 bridgehead atoms. The Kier molecular flexibility index (Phi) is 3.57. The lowest BCUT2D eigenvalue weighted by Crippen LogP contribution is -2.50. The minimum absolute atomic E-state index is 0.0908. The fourth-order valence-electron chi connectivity index (χ4n) is 4.88. The molecule has 0 amide bonds. The molecule has 0 heterocycles. The summed E-state index contributed by atoms with van der Waals surface area (Å²) < 4.78 is 29.6. The van der Waals surface area contributed by atoms with E-state index in [0.29, 0.717) is 17.8 Å². The molecule has 0 aromatic heterocycles. The molecule has 4 fully saturated rings. The van der Waals surface area contributed by atoms with Crippen LogP contribution in [0.2, 0.25) is 0 Å². The average molecular weight is 301 g/mol. The van der Waals surface area contributed by atoms with Gasteiger partial charge in [-0.2, -0.15) is 0 Å². The highest BCUT2D eigenvalue weighted by atomic mass is 32.2. The number of carbonyl (C=O) groups is 1. The van der Waals surface area contributed by atoms with Crippen LogP contribution in [0.5, 0.6) is 0 Å². The first-order valence-corrected chi connectivity index (χ1v) is 9.37. The van der Waals surface area contributed by atoms with Gasteiger partial charge in [-0.1, -0.05) is 0 Å². The smallest absolute Gasteiger partial charge is 0.312 e. The fourth-order valence-corrected chi connectivity index (χ4v) is 5.34. The predicted molar refractivity (Wildman–Crippen MR) is 74.4 cm³/mol. The zero-order chi connectivity index (χ0) is 14.4. The minimum Gasteiger partial charge on any atom is -0.464 e. The summed E-state index contributed by atoms with van der Waals surface area (Å²) in [6.07, 6.45) is 7.94. The first-order chi connectivity index (χ1) is 9.36. The summed E-state index contributed by atoms with van der Waals surface area (Å²) >= 11 is 0. The Morgan fingerprint density at radius 1 is 1.15 bits per heavy atom. The number of ether oxygens (including phenoxy) is 1. The Labute approximate surface area is 120 Å². The standard InChI is InChI=1S/C14H23NO4S/c1-20(17,18)15-2-3-19-13(16)14-7-10-4-11(8-14)6-12(5-10)9-14/h10-12,15H,2-9H2,1H3. The third-order valence-corrected chi connectivity index (χ3v) is 5.90. The van der Waals surface area contributed by atoms with Crippen molar-refractivity contribution in [3.63, 3.8) is 0 Å². The van der Waals surface area contributed by atoms with E-state index in [1.54, 1.807) is 0 Å². The molecular formula is C14H23NO4S. The minimum atomic E-state index is -3.21. The van der Waals surface area contributed by atoms with Crippen molar-refractivity contribution in [2.45, 2.75) is 38.5 Å².